The highest BCUT2D eigenvalue weighted by molar-refractivity contribution is 5.84. The Hall–Kier alpha value is -0.330. The summed E-state index contributed by atoms with van der Waals surface area (Å²) in [6, 6.07) is 0. The highest BCUT2D eigenvalue weighted by Gasteiger charge is 2.08. The first kappa shape index (κ1) is 12.7. The standard InChI is InChI=1S/C12H25N/c1-5-8-9-12(7-3)11(4)13-10-6-2/h12H,5-10H2,1-4H3. The smallest absolute Gasteiger partial charge is 0.0386 e. The number of nitrogens with zero attached hydrogens (tertiary/aromatic N) is 1. The van der Waals surface area contributed by atoms with Gasteiger partial charge in [0.25, 0.3) is 0 Å². The molecule has 0 aliphatic carbocycles. The van der Waals surface area contributed by atoms with Gasteiger partial charge in [0, 0.05) is 12.3 Å². The maximum Gasteiger partial charge on any atom is 0.0386 e. The van der Waals surface area contributed by atoms with Crippen LogP contribution in [0.3, 0.4) is 0 Å². The molecule has 0 aliphatic rings. The number of aliphatic imine (C=N–C) groups is 1. The van der Waals surface area contributed by atoms with Gasteiger partial charge in [-0.2, -0.15) is 0 Å². The molecule has 0 radical (unpaired) electrons. The van der Waals surface area contributed by atoms with Crippen molar-refractivity contribution in [2.45, 2.75) is 59.8 Å². The van der Waals surface area contributed by atoms with Gasteiger partial charge in [-0.1, -0.05) is 33.6 Å². The van der Waals surface area contributed by atoms with E-state index in [1.165, 1.54) is 37.8 Å². The van der Waals surface area contributed by atoms with Crippen molar-refractivity contribution >= 4 is 5.71 Å². The Labute approximate surface area is 83.6 Å². The summed E-state index contributed by atoms with van der Waals surface area (Å²) in [6.07, 6.45) is 6.39. The summed E-state index contributed by atoms with van der Waals surface area (Å²) in [5, 5.41) is 0. The lowest BCUT2D eigenvalue weighted by molar-refractivity contribution is 0.564. The van der Waals surface area contributed by atoms with Gasteiger partial charge in [0.05, 0.1) is 0 Å². The van der Waals surface area contributed by atoms with Crippen LogP contribution in [0.5, 0.6) is 0 Å². The fourth-order valence-electron chi connectivity index (χ4n) is 1.58. The van der Waals surface area contributed by atoms with E-state index in [4.69, 9.17) is 0 Å². The van der Waals surface area contributed by atoms with Crippen LogP contribution in [-0.2, 0) is 0 Å². The minimum Gasteiger partial charge on any atom is -0.294 e. The van der Waals surface area contributed by atoms with Crippen LogP contribution in [-0.4, -0.2) is 12.3 Å². The van der Waals surface area contributed by atoms with Crippen molar-refractivity contribution in [3.63, 3.8) is 0 Å². The predicted octanol–water partition coefficient (Wildman–Crippen LogP) is 4.07. The molecule has 0 saturated carbocycles. The fraction of sp³-hybridized carbons (Fsp3) is 0.917. The Kier molecular flexibility index (Phi) is 8.07. The van der Waals surface area contributed by atoms with Gasteiger partial charge in [-0.15, -0.1) is 0 Å². The summed E-state index contributed by atoms with van der Waals surface area (Å²) < 4.78 is 0. The van der Waals surface area contributed by atoms with E-state index < -0.39 is 0 Å². The van der Waals surface area contributed by atoms with Crippen molar-refractivity contribution in [2.75, 3.05) is 6.54 Å². The van der Waals surface area contributed by atoms with E-state index in [1.54, 1.807) is 0 Å². The third-order valence-corrected chi connectivity index (χ3v) is 2.57. The highest BCUT2D eigenvalue weighted by Crippen LogP contribution is 2.14. The molecule has 0 fully saturated rings. The lowest BCUT2D eigenvalue weighted by atomic mass is 9.95. The third-order valence-electron chi connectivity index (χ3n) is 2.57. The van der Waals surface area contributed by atoms with Crippen LogP contribution in [0.1, 0.15) is 59.8 Å². The van der Waals surface area contributed by atoms with Crippen molar-refractivity contribution in [2.24, 2.45) is 10.9 Å². The Balaban J connectivity index is 3.90. The van der Waals surface area contributed by atoms with Crippen LogP contribution >= 0.6 is 0 Å². The summed E-state index contributed by atoms with van der Waals surface area (Å²) in [5.41, 5.74) is 1.37. The molecule has 78 valence electrons. The SMILES string of the molecule is CCCCC(CC)C(C)=NCCC. The topological polar surface area (TPSA) is 12.4 Å². The molecule has 0 spiro atoms. The Morgan fingerprint density at radius 2 is 1.85 bits per heavy atom. The lowest BCUT2D eigenvalue weighted by Gasteiger charge is -2.13. The van der Waals surface area contributed by atoms with E-state index in [0.29, 0.717) is 0 Å². The van der Waals surface area contributed by atoms with Crippen LogP contribution in [0.4, 0.5) is 0 Å². The van der Waals surface area contributed by atoms with Crippen molar-refractivity contribution in [3.05, 3.63) is 0 Å². The van der Waals surface area contributed by atoms with Crippen LogP contribution in [0.2, 0.25) is 0 Å². The van der Waals surface area contributed by atoms with Gasteiger partial charge in [0.15, 0.2) is 0 Å². The summed E-state index contributed by atoms with van der Waals surface area (Å²) in [5.74, 6) is 0.742. The number of rotatable bonds is 7. The van der Waals surface area contributed by atoms with Crippen LogP contribution in [0, 0.1) is 5.92 Å². The lowest BCUT2D eigenvalue weighted by Crippen LogP contribution is -2.10. The summed E-state index contributed by atoms with van der Waals surface area (Å²) >= 11 is 0. The van der Waals surface area contributed by atoms with Gasteiger partial charge in [-0.25, -0.2) is 0 Å². The fourth-order valence-corrected chi connectivity index (χ4v) is 1.58. The normalized spacial score (nSPS) is 14.6. The minimum atomic E-state index is 0.742. The molecule has 0 saturated heterocycles. The van der Waals surface area contributed by atoms with E-state index in [-0.39, 0.29) is 0 Å². The van der Waals surface area contributed by atoms with E-state index in [1.807, 2.05) is 0 Å². The molecule has 13 heavy (non-hydrogen) atoms. The second-order valence-electron chi connectivity index (χ2n) is 3.77. The summed E-state index contributed by atoms with van der Waals surface area (Å²) in [6.45, 7) is 9.91. The number of hydrogen-bond donors (Lipinski definition) is 0. The van der Waals surface area contributed by atoms with Crippen LogP contribution in [0.25, 0.3) is 0 Å². The van der Waals surface area contributed by atoms with Crippen molar-refractivity contribution in [1.29, 1.82) is 0 Å². The van der Waals surface area contributed by atoms with Gasteiger partial charge < -0.3 is 0 Å². The monoisotopic (exact) mass is 183 g/mol. The molecule has 0 bridgehead atoms. The molecular formula is C12H25N. The van der Waals surface area contributed by atoms with Crippen molar-refractivity contribution < 1.29 is 0 Å². The molecule has 0 N–H and O–H groups in total. The summed E-state index contributed by atoms with van der Waals surface area (Å²) in [7, 11) is 0. The van der Waals surface area contributed by atoms with Crippen molar-refractivity contribution in [1.82, 2.24) is 0 Å². The average Bonchev–Trinajstić information content (AvgIpc) is 2.16. The molecule has 0 aromatic carbocycles. The molecule has 0 heterocycles. The first-order valence-electron chi connectivity index (χ1n) is 5.77. The van der Waals surface area contributed by atoms with Gasteiger partial charge in [0.2, 0.25) is 0 Å². The predicted molar refractivity (Wildman–Crippen MR) is 61.6 cm³/mol. The first-order chi connectivity index (χ1) is 6.26. The second kappa shape index (κ2) is 8.28. The molecule has 1 heteroatoms. The Morgan fingerprint density at radius 3 is 2.31 bits per heavy atom. The maximum atomic E-state index is 4.58. The minimum absolute atomic E-state index is 0.742. The third kappa shape index (κ3) is 5.84. The number of hydrogen-bond acceptors (Lipinski definition) is 1. The van der Waals surface area contributed by atoms with E-state index in [2.05, 4.69) is 32.7 Å². The zero-order valence-electron chi connectivity index (χ0n) is 9.77. The molecule has 1 nitrogen and oxygen atoms in total. The molecule has 1 unspecified atom stereocenters. The van der Waals surface area contributed by atoms with Gasteiger partial charge in [0.1, 0.15) is 0 Å². The maximum absolute atomic E-state index is 4.58. The molecular weight excluding hydrogens is 158 g/mol. The van der Waals surface area contributed by atoms with Gasteiger partial charge in [-0.3, -0.25) is 4.99 Å². The molecule has 0 aromatic rings. The van der Waals surface area contributed by atoms with E-state index in [0.717, 1.165) is 12.5 Å². The average molecular weight is 183 g/mol. The molecule has 1 atom stereocenters. The largest absolute Gasteiger partial charge is 0.294 e. The van der Waals surface area contributed by atoms with Crippen LogP contribution < -0.4 is 0 Å². The van der Waals surface area contributed by atoms with Crippen LogP contribution in [0.15, 0.2) is 4.99 Å². The molecule has 0 amide bonds. The zero-order chi connectivity index (χ0) is 10.1. The molecule has 0 aliphatic heterocycles. The van der Waals surface area contributed by atoms with E-state index in [9.17, 15) is 0 Å². The quantitative estimate of drug-likeness (QED) is 0.527. The van der Waals surface area contributed by atoms with Gasteiger partial charge in [-0.05, 0) is 32.1 Å². The summed E-state index contributed by atoms with van der Waals surface area (Å²) in [4.78, 5) is 4.58. The van der Waals surface area contributed by atoms with Crippen molar-refractivity contribution in [3.8, 4) is 0 Å². The van der Waals surface area contributed by atoms with E-state index >= 15 is 0 Å². The number of unbranched alkanes of at least 4 members (excludes halogenated alkanes) is 1. The van der Waals surface area contributed by atoms with Gasteiger partial charge >= 0.3 is 0 Å². The molecule has 0 rings (SSSR count). The Morgan fingerprint density at radius 1 is 1.15 bits per heavy atom. The second-order valence-corrected chi connectivity index (χ2v) is 3.77. The zero-order valence-corrected chi connectivity index (χ0v) is 9.77. The molecule has 0 aromatic heterocycles. The highest BCUT2D eigenvalue weighted by atomic mass is 14.7. The Bertz CT molecular complexity index is 138. The first-order valence-corrected chi connectivity index (χ1v) is 5.77.